The lowest BCUT2D eigenvalue weighted by Crippen LogP contribution is -2.53. The maximum absolute atomic E-state index is 13.4. The molecule has 2 heterocycles. The van der Waals surface area contributed by atoms with E-state index in [1.165, 1.54) is 24.0 Å². The van der Waals surface area contributed by atoms with E-state index in [1.807, 2.05) is 12.3 Å². The summed E-state index contributed by atoms with van der Waals surface area (Å²) in [6, 6.07) is 12.5. The maximum atomic E-state index is 13.4. The highest BCUT2D eigenvalue weighted by molar-refractivity contribution is 5.84. The van der Waals surface area contributed by atoms with Crippen LogP contribution in [0.4, 0.5) is 0 Å². The molecule has 0 bridgehead atoms. The van der Waals surface area contributed by atoms with Crippen LogP contribution in [0.3, 0.4) is 0 Å². The maximum Gasteiger partial charge on any atom is 0.228 e. The summed E-state index contributed by atoms with van der Waals surface area (Å²) >= 11 is 0. The molecule has 0 unspecified atom stereocenters. The van der Waals surface area contributed by atoms with Crippen molar-refractivity contribution >= 4 is 5.91 Å². The average Bonchev–Trinajstić information content (AvgIpc) is 3.57. The highest BCUT2D eigenvalue weighted by Crippen LogP contribution is 2.39. The molecule has 1 saturated carbocycles. The second kappa shape index (κ2) is 8.91. The summed E-state index contributed by atoms with van der Waals surface area (Å²) in [5.74, 6) is 1.00. The summed E-state index contributed by atoms with van der Waals surface area (Å²) in [7, 11) is 0. The van der Waals surface area contributed by atoms with E-state index in [-0.39, 0.29) is 5.91 Å². The molecule has 4 heteroatoms. The minimum atomic E-state index is -0.394. The molecule has 29 heavy (non-hydrogen) atoms. The number of rotatable bonds is 8. The lowest BCUT2D eigenvalue weighted by molar-refractivity contribution is -0.134. The predicted octanol–water partition coefficient (Wildman–Crippen LogP) is 4.09. The van der Waals surface area contributed by atoms with E-state index >= 15 is 0 Å². The third kappa shape index (κ3) is 4.76. The number of carbonyl (C=O) groups excluding carboxylic acids is 1. The van der Waals surface area contributed by atoms with E-state index in [0.29, 0.717) is 6.54 Å². The number of nitrogens with zero attached hydrogens (tertiary/aromatic N) is 2. The Balaban J connectivity index is 1.64. The van der Waals surface area contributed by atoms with Crippen LogP contribution < -0.4 is 5.32 Å². The van der Waals surface area contributed by atoms with Gasteiger partial charge < -0.3 is 10.2 Å². The van der Waals surface area contributed by atoms with Gasteiger partial charge in [0.15, 0.2) is 0 Å². The van der Waals surface area contributed by atoms with E-state index in [1.54, 1.807) is 12.3 Å². The van der Waals surface area contributed by atoms with Gasteiger partial charge in [0.25, 0.3) is 0 Å². The molecule has 2 aliphatic rings. The fourth-order valence-electron chi connectivity index (χ4n) is 4.65. The van der Waals surface area contributed by atoms with Crippen molar-refractivity contribution in [3.63, 3.8) is 0 Å². The average molecular weight is 390 g/mol. The van der Waals surface area contributed by atoms with Gasteiger partial charge in [-0.2, -0.15) is 0 Å². The number of pyridine rings is 1. The first-order valence-electron chi connectivity index (χ1n) is 10.8. The summed E-state index contributed by atoms with van der Waals surface area (Å²) in [5, 5.41) is 3.12. The van der Waals surface area contributed by atoms with Crippen LogP contribution in [0.5, 0.6) is 0 Å². The van der Waals surface area contributed by atoms with Gasteiger partial charge in [-0.3, -0.25) is 9.78 Å². The van der Waals surface area contributed by atoms with Crippen molar-refractivity contribution in [1.29, 1.82) is 0 Å². The topological polar surface area (TPSA) is 45.2 Å². The van der Waals surface area contributed by atoms with Crippen LogP contribution in [0.1, 0.15) is 31.2 Å². The predicted molar refractivity (Wildman–Crippen MR) is 117 cm³/mol. The Morgan fingerprint density at radius 1 is 1.28 bits per heavy atom. The highest BCUT2D eigenvalue weighted by atomic mass is 16.2. The third-order valence-corrected chi connectivity index (χ3v) is 6.28. The fraction of sp³-hybridized carbons (Fsp3) is 0.440. The molecule has 152 valence electrons. The largest absolute Gasteiger partial charge is 0.352 e. The van der Waals surface area contributed by atoms with Crippen molar-refractivity contribution in [1.82, 2.24) is 15.2 Å². The molecule has 2 aromatic rings. The van der Waals surface area contributed by atoms with Gasteiger partial charge in [0.05, 0.1) is 5.41 Å². The molecule has 0 radical (unpaired) electrons. The molecule has 1 aromatic heterocycles. The number of amides is 1. The Kier molecular flexibility index (Phi) is 6.10. The van der Waals surface area contributed by atoms with E-state index in [4.69, 9.17) is 0 Å². The molecule has 4 nitrogen and oxygen atoms in total. The zero-order chi connectivity index (χ0) is 20.1. The summed E-state index contributed by atoms with van der Waals surface area (Å²) in [4.78, 5) is 20.2. The minimum Gasteiger partial charge on any atom is -0.352 e. The van der Waals surface area contributed by atoms with E-state index < -0.39 is 5.41 Å². The van der Waals surface area contributed by atoms with E-state index in [0.717, 1.165) is 50.4 Å². The van der Waals surface area contributed by atoms with Gasteiger partial charge in [0.2, 0.25) is 5.91 Å². The van der Waals surface area contributed by atoms with Crippen molar-refractivity contribution in [2.24, 2.45) is 11.3 Å². The highest BCUT2D eigenvalue weighted by Gasteiger charge is 2.43. The van der Waals surface area contributed by atoms with Gasteiger partial charge in [-0.15, -0.1) is 6.58 Å². The van der Waals surface area contributed by atoms with E-state index in [2.05, 4.69) is 52.1 Å². The normalized spacial score (nSPS) is 22.2. The number of carbonyl (C=O) groups is 1. The lowest BCUT2D eigenvalue weighted by atomic mass is 9.73. The number of hydrogen-bond acceptors (Lipinski definition) is 3. The van der Waals surface area contributed by atoms with Crippen LogP contribution in [0.15, 0.2) is 61.4 Å². The number of benzene rings is 1. The Bertz CT molecular complexity index is 846. The standard InChI is InChI=1S/C25H31N3O/c1-2-13-27-24(29)25(12-6-15-28(19-25)18-20-10-11-20)16-21-7-3-4-9-23(21)22-8-5-14-26-17-22/h2-5,7-9,14,17,20H,1,6,10-13,15-16,18-19H2,(H,27,29)/t25-/m0/s1. The van der Waals surface area contributed by atoms with Crippen LogP contribution in [-0.2, 0) is 11.2 Å². The molecule has 1 atom stereocenters. The van der Waals surface area contributed by atoms with Crippen molar-refractivity contribution in [2.75, 3.05) is 26.2 Å². The molecule has 1 aromatic carbocycles. The van der Waals surface area contributed by atoms with E-state index in [9.17, 15) is 4.79 Å². The monoisotopic (exact) mass is 389 g/mol. The molecule has 1 aliphatic carbocycles. The van der Waals surface area contributed by atoms with Crippen LogP contribution in [-0.4, -0.2) is 42.0 Å². The summed E-state index contributed by atoms with van der Waals surface area (Å²) in [6.07, 6.45) is 10.9. The summed E-state index contributed by atoms with van der Waals surface area (Å²) in [6.45, 7) is 7.38. The van der Waals surface area contributed by atoms with Crippen LogP contribution in [0, 0.1) is 11.3 Å². The third-order valence-electron chi connectivity index (χ3n) is 6.28. The molecular formula is C25H31N3O. The zero-order valence-electron chi connectivity index (χ0n) is 17.1. The molecule has 1 N–H and O–H groups in total. The summed E-state index contributed by atoms with van der Waals surface area (Å²) < 4.78 is 0. The second-order valence-electron chi connectivity index (χ2n) is 8.64. The van der Waals surface area contributed by atoms with Gasteiger partial charge in [0.1, 0.15) is 0 Å². The number of aromatic nitrogens is 1. The molecule has 1 saturated heterocycles. The van der Waals surface area contributed by atoms with Gasteiger partial charge in [-0.25, -0.2) is 0 Å². The fourth-order valence-corrected chi connectivity index (χ4v) is 4.65. The van der Waals surface area contributed by atoms with Crippen molar-refractivity contribution in [3.05, 3.63) is 67.0 Å². The first kappa shape index (κ1) is 19.8. The minimum absolute atomic E-state index is 0.166. The van der Waals surface area contributed by atoms with Crippen LogP contribution >= 0.6 is 0 Å². The molecule has 1 amide bonds. The first-order valence-corrected chi connectivity index (χ1v) is 10.8. The zero-order valence-corrected chi connectivity index (χ0v) is 17.1. The van der Waals surface area contributed by atoms with Gasteiger partial charge in [-0.1, -0.05) is 36.4 Å². The number of likely N-dealkylation sites (tertiary alicyclic amines) is 1. The molecule has 1 aliphatic heterocycles. The first-order chi connectivity index (χ1) is 14.2. The summed E-state index contributed by atoms with van der Waals surface area (Å²) in [5.41, 5.74) is 3.11. The molecular weight excluding hydrogens is 358 g/mol. The molecule has 2 fully saturated rings. The SMILES string of the molecule is C=CCNC(=O)[C@]1(Cc2ccccc2-c2cccnc2)CCCN(CC2CC2)C1. The Hall–Kier alpha value is -2.46. The number of piperidine rings is 1. The molecule has 0 spiro atoms. The van der Waals surface area contributed by atoms with Crippen LogP contribution in [0.25, 0.3) is 11.1 Å². The van der Waals surface area contributed by atoms with Crippen molar-refractivity contribution in [3.8, 4) is 11.1 Å². The van der Waals surface area contributed by atoms with Crippen molar-refractivity contribution in [2.45, 2.75) is 32.1 Å². The Labute approximate surface area is 174 Å². The Morgan fingerprint density at radius 3 is 2.90 bits per heavy atom. The van der Waals surface area contributed by atoms with Gasteiger partial charge in [-0.05, 0) is 61.8 Å². The quantitative estimate of drug-likeness (QED) is 0.692. The second-order valence-corrected chi connectivity index (χ2v) is 8.64. The number of nitrogens with one attached hydrogen (secondary N) is 1. The smallest absolute Gasteiger partial charge is 0.228 e. The Morgan fingerprint density at radius 2 is 2.14 bits per heavy atom. The lowest BCUT2D eigenvalue weighted by Gasteiger charge is -2.42. The van der Waals surface area contributed by atoms with Crippen LogP contribution in [0.2, 0.25) is 0 Å². The van der Waals surface area contributed by atoms with Gasteiger partial charge >= 0.3 is 0 Å². The van der Waals surface area contributed by atoms with Crippen molar-refractivity contribution < 1.29 is 4.79 Å². The number of hydrogen-bond donors (Lipinski definition) is 1. The van der Waals surface area contributed by atoms with Gasteiger partial charge in [0, 0.05) is 37.6 Å². The molecule has 4 rings (SSSR count).